The van der Waals surface area contributed by atoms with Gasteiger partial charge in [0.2, 0.25) is 0 Å². The van der Waals surface area contributed by atoms with Gasteiger partial charge in [0.05, 0.1) is 20.3 Å². The molecular weight excluding hydrogens is 238 g/mol. The van der Waals surface area contributed by atoms with E-state index in [1.807, 2.05) is 30.3 Å². The SMILES string of the molecule is COc1ccc(C2(Nc3ccccc3)COC2)cc1. The molecule has 1 saturated heterocycles. The first-order chi connectivity index (χ1) is 9.32. The van der Waals surface area contributed by atoms with Crippen LogP contribution < -0.4 is 10.1 Å². The van der Waals surface area contributed by atoms with Gasteiger partial charge in [-0.15, -0.1) is 0 Å². The van der Waals surface area contributed by atoms with Gasteiger partial charge in [0.1, 0.15) is 11.3 Å². The van der Waals surface area contributed by atoms with Gasteiger partial charge in [-0.05, 0) is 29.8 Å². The highest BCUT2D eigenvalue weighted by Gasteiger charge is 2.40. The number of benzene rings is 2. The molecule has 1 aliphatic rings. The molecule has 3 heteroatoms. The minimum Gasteiger partial charge on any atom is -0.497 e. The van der Waals surface area contributed by atoms with Gasteiger partial charge in [-0.25, -0.2) is 0 Å². The maximum atomic E-state index is 5.43. The minimum absolute atomic E-state index is 0.117. The van der Waals surface area contributed by atoms with Crippen LogP contribution in [0.25, 0.3) is 0 Å². The summed E-state index contributed by atoms with van der Waals surface area (Å²) in [5.74, 6) is 0.874. The summed E-state index contributed by atoms with van der Waals surface area (Å²) in [6, 6.07) is 18.4. The monoisotopic (exact) mass is 255 g/mol. The van der Waals surface area contributed by atoms with Crippen LogP contribution in [-0.2, 0) is 10.3 Å². The Hall–Kier alpha value is -2.00. The number of hydrogen-bond donors (Lipinski definition) is 1. The van der Waals surface area contributed by atoms with Crippen molar-refractivity contribution in [1.29, 1.82) is 0 Å². The molecule has 2 aromatic carbocycles. The average Bonchev–Trinajstić information content (AvgIpc) is 2.44. The first-order valence-corrected chi connectivity index (χ1v) is 6.38. The molecule has 3 nitrogen and oxygen atoms in total. The zero-order chi connectivity index (χ0) is 13.1. The normalized spacial score (nSPS) is 16.5. The summed E-state index contributed by atoms with van der Waals surface area (Å²) in [6.45, 7) is 1.38. The van der Waals surface area contributed by atoms with Crippen LogP contribution in [-0.4, -0.2) is 20.3 Å². The second-order valence-electron chi connectivity index (χ2n) is 4.79. The Morgan fingerprint density at radius 3 is 2.21 bits per heavy atom. The number of methoxy groups -OCH3 is 1. The Morgan fingerprint density at radius 1 is 1.00 bits per heavy atom. The molecule has 0 aromatic heterocycles. The van der Waals surface area contributed by atoms with E-state index in [0.29, 0.717) is 13.2 Å². The van der Waals surface area contributed by atoms with Crippen LogP contribution in [0.2, 0.25) is 0 Å². The maximum Gasteiger partial charge on any atom is 0.118 e. The Balaban J connectivity index is 1.86. The molecule has 98 valence electrons. The number of ether oxygens (including phenoxy) is 2. The Morgan fingerprint density at radius 2 is 1.68 bits per heavy atom. The minimum atomic E-state index is -0.117. The predicted molar refractivity (Wildman–Crippen MR) is 75.6 cm³/mol. The Kier molecular flexibility index (Phi) is 3.13. The molecule has 2 aromatic rings. The third kappa shape index (κ3) is 2.29. The maximum absolute atomic E-state index is 5.43. The third-order valence-corrected chi connectivity index (χ3v) is 3.50. The van der Waals surface area contributed by atoms with Gasteiger partial charge in [-0.3, -0.25) is 0 Å². The summed E-state index contributed by atoms with van der Waals surface area (Å²) in [7, 11) is 1.68. The number of hydrogen-bond acceptors (Lipinski definition) is 3. The number of rotatable bonds is 4. The lowest BCUT2D eigenvalue weighted by Crippen LogP contribution is -2.52. The van der Waals surface area contributed by atoms with Gasteiger partial charge in [0.25, 0.3) is 0 Å². The molecule has 0 atom stereocenters. The molecule has 3 rings (SSSR count). The van der Waals surface area contributed by atoms with E-state index in [2.05, 4.69) is 29.6 Å². The average molecular weight is 255 g/mol. The van der Waals surface area contributed by atoms with E-state index >= 15 is 0 Å². The van der Waals surface area contributed by atoms with Crippen LogP contribution in [0.5, 0.6) is 5.75 Å². The number of nitrogens with one attached hydrogen (secondary N) is 1. The molecule has 1 aliphatic heterocycles. The molecule has 0 bridgehead atoms. The number of para-hydroxylation sites is 1. The second-order valence-corrected chi connectivity index (χ2v) is 4.79. The summed E-state index contributed by atoms with van der Waals surface area (Å²) < 4.78 is 10.6. The zero-order valence-corrected chi connectivity index (χ0v) is 10.9. The van der Waals surface area contributed by atoms with Crippen LogP contribution in [0.4, 0.5) is 5.69 Å². The van der Waals surface area contributed by atoms with E-state index in [0.717, 1.165) is 11.4 Å². The topological polar surface area (TPSA) is 30.5 Å². The molecule has 0 saturated carbocycles. The van der Waals surface area contributed by atoms with Crippen molar-refractivity contribution in [1.82, 2.24) is 0 Å². The summed E-state index contributed by atoms with van der Waals surface area (Å²) >= 11 is 0. The molecular formula is C16H17NO2. The van der Waals surface area contributed by atoms with Gasteiger partial charge in [-0.2, -0.15) is 0 Å². The summed E-state index contributed by atoms with van der Waals surface area (Å²) in [6.07, 6.45) is 0. The van der Waals surface area contributed by atoms with Crippen LogP contribution in [0, 0.1) is 0 Å². The molecule has 1 fully saturated rings. The Bertz CT molecular complexity index is 532. The van der Waals surface area contributed by atoms with E-state index in [9.17, 15) is 0 Å². The quantitative estimate of drug-likeness (QED) is 0.911. The molecule has 0 aliphatic carbocycles. The van der Waals surface area contributed by atoms with Crippen molar-refractivity contribution in [2.75, 3.05) is 25.6 Å². The van der Waals surface area contributed by atoms with Gasteiger partial charge in [-0.1, -0.05) is 30.3 Å². The van der Waals surface area contributed by atoms with Crippen molar-refractivity contribution >= 4 is 5.69 Å². The van der Waals surface area contributed by atoms with Gasteiger partial charge >= 0.3 is 0 Å². The fourth-order valence-corrected chi connectivity index (χ4v) is 2.33. The van der Waals surface area contributed by atoms with Gasteiger partial charge < -0.3 is 14.8 Å². The lowest BCUT2D eigenvalue weighted by atomic mass is 9.87. The number of anilines is 1. The molecule has 0 amide bonds. The Labute approximate surface area is 113 Å². The highest BCUT2D eigenvalue weighted by Crippen LogP contribution is 2.34. The largest absolute Gasteiger partial charge is 0.497 e. The smallest absolute Gasteiger partial charge is 0.118 e. The molecule has 0 unspecified atom stereocenters. The van der Waals surface area contributed by atoms with E-state index in [1.54, 1.807) is 7.11 Å². The molecule has 0 spiro atoms. The highest BCUT2D eigenvalue weighted by molar-refractivity contribution is 5.49. The summed E-state index contributed by atoms with van der Waals surface area (Å²) in [5.41, 5.74) is 2.22. The van der Waals surface area contributed by atoms with Gasteiger partial charge in [0, 0.05) is 5.69 Å². The van der Waals surface area contributed by atoms with E-state index in [4.69, 9.17) is 9.47 Å². The standard InChI is InChI=1S/C16H17NO2/c1-18-15-9-7-13(8-10-15)16(11-19-12-16)17-14-5-3-2-4-6-14/h2-10,17H,11-12H2,1H3. The lowest BCUT2D eigenvalue weighted by Gasteiger charge is -2.43. The lowest BCUT2D eigenvalue weighted by molar-refractivity contribution is -0.0447. The highest BCUT2D eigenvalue weighted by atomic mass is 16.5. The zero-order valence-electron chi connectivity index (χ0n) is 10.9. The van der Waals surface area contributed by atoms with Crippen molar-refractivity contribution in [2.45, 2.75) is 5.54 Å². The third-order valence-electron chi connectivity index (χ3n) is 3.50. The van der Waals surface area contributed by atoms with Crippen molar-refractivity contribution in [2.24, 2.45) is 0 Å². The van der Waals surface area contributed by atoms with E-state index in [-0.39, 0.29) is 5.54 Å². The van der Waals surface area contributed by atoms with Crippen molar-refractivity contribution in [3.05, 3.63) is 60.2 Å². The van der Waals surface area contributed by atoms with Gasteiger partial charge in [0.15, 0.2) is 0 Å². The summed E-state index contributed by atoms with van der Waals surface area (Å²) in [4.78, 5) is 0. The molecule has 0 radical (unpaired) electrons. The first-order valence-electron chi connectivity index (χ1n) is 6.38. The van der Waals surface area contributed by atoms with Crippen LogP contribution in [0.3, 0.4) is 0 Å². The van der Waals surface area contributed by atoms with Crippen molar-refractivity contribution < 1.29 is 9.47 Å². The van der Waals surface area contributed by atoms with Crippen LogP contribution in [0.1, 0.15) is 5.56 Å². The predicted octanol–water partition coefficient (Wildman–Crippen LogP) is 3.03. The van der Waals surface area contributed by atoms with E-state index in [1.165, 1.54) is 5.56 Å². The molecule has 1 N–H and O–H groups in total. The van der Waals surface area contributed by atoms with Crippen molar-refractivity contribution in [3.8, 4) is 5.75 Å². The fraction of sp³-hybridized carbons (Fsp3) is 0.250. The van der Waals surface area contributed by atoms with Crippen molar-refractivity contribution in [3.63, 3.8) is 0 Å². The van der Waals surface area contributed by atoms with Crippen LogP contribution >= 0.6 is 0 Å². The summed E-state index contributed by atoms with van der Waals surface area (Å²) in [5, 5.41) is 3.58. The second kappa shape index (κ2) is 4.94. The molecule has 19 heavy (non-hydrogen) atoms. The van der Waals surface area contributed by atoms with Crippen LogP contribution in [0.15, 0.2) is 54.6 Å². The fourth-order valence-electron chi connectivity index (χ4n) is 2.33. The first kappa shape index (κ1) is 12.1. The molecule has 1 heterocycles. The van der Waals surface area contributed by atoms with E-state index < -0.39 is 0 Å².